The van der Waals surface area contributed by atoms with E-state index < -0.39 is 5.91 Å². The SMILES string of the molecule is O=C(Nc1nccc(Cl)n1)c1cnc(Cl)c(Cl)c1. The topological polar surface area (TPSA) is 67.8 Å². The van der Waals surface area contributed by atoms with Gasteiger partial charge in [0.1, 0.15) is 10.3 Å². The van der Waals surface area contributed by atoms with Crippen LogP contribution in [-0.2, 0) is 0 Å². The summed E-state index contributed by atoms with van der Waals surface area (Å²) in [5.74, 6) is -0.359. The van der Waals surface area contributed by atoms with Crippen molar-refractivity contribution in [1.29, 1.82) is 0 Å². The first-order valence-corrected chi connectivity index (χ1v) is 5.80. The molecule has 0 unspecified atom stereocenters. The standard InChI is InChI=1S/C10H5Cl3N4O/c11-6-3-5(4-15-8(6)13)9(18)17-10-14-2-1-7(12)16-10/h1-4H,(H,14,16,17,18). The Kier molecular flexibility index (Phi) is 3.96. The third-order valence-electron chi connectivity index (χ3n) is 1.91. The fraction of sp³-hybridized carbons (Fsp3) is 0. The average molecular weight is 304 g/mol. The van der Waals surface area contributed by atoms with Crippen molar-refractivity contribution in [3.05, 3.63) is 45.4 Å². The van der Waals surface area contributed by atoms with Crippen LogP contribution in [0, 0.1) is 0 Å². The highest BCUT2D eigenvalue weighted by atomic mass is 35.5. The summed E-state index contributed by atoms with van der Waals surface area (Å²) in [5.41, 5.74) is 0.243. The fourth-order valence-corrected chi connectivity index (χ4v) is 1.52. The van der Waals surface area contributed by atoms with Crippen LogP contribution in [0.1, 0.15) is 10.4 Å². The second-order valence-electron chi connectivity index (χ2n) is 3.15. The highest BCUT2D eigenvalue weighted by Crippen LogP contribution is 2.20. The van der Waals surface area contributed by atoms with Crippen molar-refractivity contribution in [2.45, 2.75) is 0 Å². The molecule has 0 aliphatic heterocycles. The van der Waals surface area contributed by atoms with Crippen molar-refractivity contribution < 1.29 is 4.79 Å². The summed E-state index contributed by atoms with van der Waals surface area (Å²) in [4.78, 5) is 23.2. The number of hydrogen-bond donors (Lipinski definition) is 1. The lowest BCUT2D eigenvalue weighted by molar-refractivity contribution is 0.102. The minimum Gasteiger partial charge on any atom is -0.290 e. The van der Waals surface area contributed by atoms with Crippen molar-refractivity contribution in [2.24, 2.45) is 0 Å². The largest absolute Gasteiger partial charge is 0.290 e. The Morgan fingerprint density at radius 3 is 2.67 bits per heavy atom. The molecule has 0 radical (unpaired) electrons. The van der Waals surface area contributed by atoms with E-state index in [0.29, 0.717) is 0 Å². The second kappa shape index (κ2) is 5.48. The minimum atomic E-state index is -0.455. The number of pyridine rings is 1. The van der Waals surface area contributed by atoms with Crippen LogP contribution in [0.4, 0.5) is 5.95 Å². The lowest BCUT2D eigenvalue weighted by Crippen LogP contribution is -2.14. The molecular formula is C10H5Cl3N4O. The molecule has 0 saturated carbocycles. The third-order valence-corrected chi connectivity index (χ3v) is 2.80. The van der Waals surface area contributed by atoms with E-state index in [2.05, 4.69) is 20.3 Å². The number of nitrogens with one attached hydrogen (secondary N) is 1. The maximum atomic E-state index is 11.8. The Balaban J connectivity index is 2.19. The van der Waals surface area contributed by atoms with Crippen molar-refractivity contribution in [3.8, 4) is 0 Å². The molecule has 18 heavy (non-hydrogen) atoms. The van der Waals surface area contributed by atoms with E-state index >= 15 is 0 Å². The van der Waals surface area contributed by atoms with Crippen LogP contribution in [0.5, 0.6) is 0 Å². The number of carbonyl (C=O) groups is 1. The summed E-state index contributed by atoms with van der Waals surface area (Å²) in [6, 6.07) is 2.90. The van der Waals surface area contributed by atoms with E-state index in [1.807, 2.05) is 0 Å². The Morgan fingerprint density at radius 1 is 1.22 bits per heavy atom. The molecule has 1 amide bonds. The highest BCUT2D eigenvalue weighted by Gasteiger charge is 2.10. The van der Waals surface area contributed by atoms with E-state index in [9.17, 15) is 4.79 Å². The predicted octanol–water partition coefficient (Wildman–Crippen LogP) is 3.08. The van der Waals surface area contributed by atoms with Gasteiger partial charge in [0.15, 0.2) is 0 Å². The second-order valence-corrected chi connectivity index (χ2v) is 4.31. The minimum absolute atomic E-state index is 0.0959. The Hall–Kier alpha value is -1.43. The van der Waals surface area contributed by atoms with E-state index in [1.165, 1.54) is 24.5 Å². The molecule has 2 heterocycles. The molecule has 8 heteroatoms. The first-order chi connectivity index (χ1) is 8.56. The monoisotopic (exact) mass is 302 g/mol. The lowest BCUT2D eigenvalue weighted by atomic mass is 10.3. The van der Waals surface area contributed by atoms with Gasteiger partial charge in [-0.1, -0.05) is 34.8 Å². The average Bonchev–Trinajstić information content (AvgIpc) is 2.32. The molecule has 0 spiro atoms. The summed E-state index contributed by atoms with van der Waals surface area (Å²) < 4.78 is 0. The lowest BCUT2D eigenvalue weighted by Gasteiger charge is -2.04. The van der Waals surface area contributed by atoms with E-state index in [1.54, 1.807) is 0 Å². The molecule has 0 atom stereocenters. The van der Waals surface area contributed by atoms with Crippen molar-refractivity contribution in [1.82, 2.24) is 15.0 Å². The van der Waals surface area contributed by atoms with Crippen LogP contribution in [0.15, 0.2) is 24.5 Å². The zero-order valence-corrected chi connectivity index (χ0v) is 11.0. The number of amides is 1. The highest BCUT2D eigenvalue weighted by molar-refractivity contribution is 6.41. The molecule has 0 aliphatic carbocycles. The van der Waals surface area contributed by atoms with Gasteiger partial charge in [-0.05, 0) is 12.1 Å². The summed E-state index contributed by atoms with van der Waals surface area (Å²) >= 11 is 17.1. The van der Waals surface area contributed by atoms with Crippen LogP contribution < -0.4 is 5.32 Å². The summed E-state index contributed by atoms with van der Waals surface area (Å²) in [6.45, 7) is 0. The summed E-state index contributed by atoms with van der Waals surface area (Å²) in [6.07, 6.45) is 2.73. The molecule has 92 valence electrons. The molecule has 0 fully saturated rings. The zero-order valence-electron chi connectivity index (χ0n) is 8.69. The maximum absolute atomic E-state index is 11.8. The van der Waals surface area contributed by atoms with Crippen molar-refractivity contribution >= 4 is 46.7 Å². The van der Waals surface area contributed by atoms with Gasteiger partial charge >= 0.3 is 0 Å². The molecule has 1 N–H and O–H groups in total. The van der Waals surface area contributed by atoms with Gasteiger partial charge in [0.05, 0.1) is 10.6 Å². The van der Waals surface area contributed by atoms with Gasteiger partial charge in [0, 0.05) is 12.4 Å². The normalized spacial score (nSPS) is 10.2. The Labute approximate surface area is 117 Å². The van der Waals surface area contributed by atoms with Crippen molar-refractivity contribution in [2.75, 3.05) is 5.32 Å². The molecule has 2 aromatic rings. The van der Waals surface area contributed by atoms with Gasteiger partial charge in [-0.3, -0.25) is 10.1 Å². The third kappa shape index (κ3) is 3.07. The number of hydrogen-bond acceptors (Lipinski definition) is 4. The molecule has 0 aromatic carbocycles. The Bertz CT molecular complexity index is 605. The van der Waals surface area contributed by atoms with Gasteiger partial charge < -0.3 is 0 Å². The van der Waals surface area contributed by atoms with Crippen LogP contribution >= 0.6 is 34.8 Å². The first-order valence-electron chi connectivity index (χ1n) is 4.67. The number of anilines is 1. The molecular weight excluding hydrogens is 298 g/mol. The zero-order chi connectivity index (χ0) is 13.1. The Morgan fingerprint density at radius 2 is 2.00 bits per heavy atom. The predicted molar refractivity (Wildman–Crippen MR) is 69.3 cm³/mol. The molecule has 0 aliphatic rings. The molecule has 2 aromatic heterocycles. The number of aromatic nitrogens is 3. The summed E-state index contributed by atoms with van der Waals surface area (Å²) in [7, 11) is 0. The van der Waals surface area contributed by atoms with Gasteiger partial charge in [-0.2, -0.15) is 0 Å². The number of carbonyl (C=O) groups excluding carboxylic acids is 1. The number of halogens is 3. The van der Waals surface area contributed by atoms with E-state index in [0.717, 1.165) is 0 Å². The van der Waals surface area contributed by atoms with Crippen molar-refractivity contribution in [3.63, 3.8) is 0 Å². The van der Waals surface area contributed by atoms with Gasteiger partial charge in [-0.15, -0.1) is 0 Å². The van der Waals surface area contributed by atoms with E-state index in [4.69, 9.17) is 34.8 Å². The van der Waals surface area contributed by atoms with Crippen LogP contribution in [0.2, 0.25) is 15.3 Å². The molecule has 0 saturated heterocycles. The number of rotatable bonds is 2. The molecule has 2 rings (SSSR count). The molecule has 5 nitrogen and oxygen atoms in total. The van der Waals surface area contributed by atoms with Gasteiger partial charge in [-0.25, -0.2) is 15.0 Å². The maximum Gasteiger partial charge on any atom is 0.259 e. The van der Waals surface area contributed by atoms with Crippen LogP contribution in [0.3, 0.4) is 0 Å². The smallest absolute Gasteiger partial charge is 0.259 e. The quantitative estimate of drug-likeness (QED) is 0.684. The summed E-state index contributed by atoms with van der Waals surface area (Å²) in [5, 5.41) is 3.01. The fourth-order valence-electron chi connectivity index (χ4n) is 1.12. The first kappa shape index (κ1) is 13.0. The molecule has 0 bridgehead atoms. The number of nitrogens with zero attached hydrogens (tertiary/aromatic N) is 3. The van der Waals surface area contributed by atoms with Crippen LogP contribution in [0.25, 0.3) is 0 Å². The van der Waals surface area contributed by atoms with E-state index in [-0.39, 0.29) is 26.8 Å². The van der Waals surface area contributed by atoms with Gasteiger partial charge in [0.2, 0.25) is 5.95 Å². The van der Waals surface area contributed by atoms with Crippen LogP contribution in [-0.4, -0.2) is 20.9 Å². The van der Waals surface area contributed by atoms with Gasteiger partial charge in [0.25, 0.3) is 5.91 Å².